The maximum atomic E-state index is 14.1. The Morgan fingerprint density at radius 3 is 2.60 bits per heavy atom. The zero-order valence-corrected chi connectivity index (χ0v) is 15.7. The molecule has 0 aliphatic carbocycles. The number of hydrogen-bond acceptors (Lipinski definition) is 3. The topological polar surface area (TPSA) is 59.8 Å². The molecule has 0 radical (unpaired) electrons. The van der Waals surface area contributed by atoms with Crippen LogP contribution in [0.3, 0.4) is 0 Å². The van der Waals surface area contributed by atoms with Gasteiger partial charge < -0.3 is 5.32 Å². The molecule has 0 saturated carbocycles. The van der Waals surface area contributed by atoms with Gasteiger partial charge in [-0.15, -0.1) is 0 Å². The molecule has 0 unspecified atom stereocenters. The molecule has 5 nitrogen and oxygen atoms in total. The van der Waals surface area contributed by atoms with Crippen molar-refractivity contribution >= 4 is 34.1 Å². The highest BCUT2D eigenvalue weighted by Gasteiger charge is 2.41. The molecular formula is C20H11ClF4N4O. The number of pyridine rings is 1. The van der Waals surface area contributed by atoms with E-state index in [9.17, 15) is 22.4 Å². The number of aromatic nitrogens is 3. The molecular weight excluding hydrogens is 424 g/mol. The number of amides is 1. The average Bonchev–Trinajstić information content (AvgIpc) is 3.14. The van der Waals surface area contributed by atoms with Crippen LogP contribution in [-0.2, 0) is 6.18 Å². The number of carbonyl (C=O) groups is 1. The van der Waals surface area contributed by atoms with Crippen LogP contribution in [0.15, 0.2) is 60.9 Å². The predicted molar refractivity (Wildman–Crippen MR) is 103 cm³/mol. The van der Waals surface area contributed by atoms with E-state index < -0.39 is 34.8 Å². The maximum absolute atomic E-state index is 14.1. The molecule has 0 fully saturated rings. The van der Waals surface area contributed by atoms with Crippen molar-refractivity contribution in [2.45, 2.75) is 6.18 Å². The van der Waals surface area contributed by atoms with E-state index in [4.69, 9.17) is 11.6 Å². The summed E-state index contributed by atoms with van der Waals surface area (Å²) in [6.45, 7) is 0. The highest BCUT2D eigenvalue weighted by molar-refractivity contribution is 6.32. The second-order valence-corrected chi connectivity index (χ2v) is 6.69. The van der Waals surface area contributed by atoms with E-state index in [1.807, 2.05) is 0 Å². The van der Waals surface area contributed by atoms with Crippen LogP contribution in [0.4, 0.5) is 23.2 Å². The highest BCUT2D eigenvalue weighted by Crippen LogP contribution is 2.35. The Morgan fingerprint density at radius 2 is 1.87 bits per heavy atom. The van der Waals surface area contributed by atoms with Gasteiger partial charge in [0.1, 0.15) is 11.5 Å². The van der Waals surface area contributed by atoms with Crippen LogP contribution in [0.5, 0.6) is 0 Å². The van der Waals surface area contributed by atoms with Crippen LogP contribution in [0.1, 0.15) is 16.1 Å². The van der Waals surface area contributed by atoms with Gasteiger partial charge >= 0.3 is 6.18 Å². The number of nitrogens with one attached hydrogen (secondary N) is 1. The lowest BCUT2D eigenvalue weighted by molar-refractivity contribution is -0.143. The summed E-state index contributed by atoms with van der Waals surface area (Å²) in [5, 5.41) is 6.87. The monoisotopic (exact) mass is 434 g/mol. The summed E-state index contributed by atoms with van der Waals surface area (Å²) in [5.41, 5.74) is -2.11. The Morgan fingerprint density at radius 1 is 1.10 bits per heavy atom. The molecule has 30 heavy (non-hydrogen) atoms. The molecule has 2 aromatic heterocycles. The first-order chi connectivity index (χ1) is 14.3. The summed E-state index contributed by atoms with van der Waals surface area (Å²) < 4.78 is 55.8. The summed E-state index contributed by atoms with van der Waals surface area (Å²) in [4.78, 5) is 16.9. The molecule has 152 valence electrons. The van der Waals surface area contributed by atoms with Gasteiger partial charge in [-0.3, -0.25) is 9.78 Å². The van der Waals surface area contributed by atoms with Crippen molar-refractivity contribution in [2.24, 2.45) is 0 Å². The first-order valence-electron chi connectivity index (χ1n) is 8.51. The molecule has 0 atom stereocenters. The fraction of sp³-hybridized carbons (Fsp3) is 0.0500. The van der Waals surface area contributed by atoms with E-state index in [1.54, 1.807) is 18.2 Å². The van der Waals surface area contributed by atoms with Gasteiger partial charge in [-0.05, 0) is 30.3 Å². The van der Waals surface area contributed by atoms with E-state index in [2.05, 4.69) is 15.4 Å². The molecule has 0 spiro atoms. The molecule has 1 N–H and O–H groups in total. The fourth-order valence-corrected chi connectivity index (χ4v) is 3.26. The fourth-order valence-electron chi connectivity index (χ4n) is 3.03. The number of benzene rings is 2. The highest BCUT2D eigenvalue weighted by atomic mass is 35.5. The number of alkyl halides is 3. The number of anilines is 1. The molecule has 0 aliphatic heterocycles. The summed E-state index contributed by atoms with van der Waals surface area (Å²) in [6.07, 6.45) is -2.76. The number of nitrogens with zero attached hydrogens (tertiary/aromatic N) is 3. The molecule has 10 heteroatoms. The number of halogens is 5. The molecule has 1 amide bonds. The van der Waals surface area contributed by atoms with Crippen LogP contribution in [0, 0.1) is 5.82 Å². The molecule has 4 aromatic rings. The lowest BCUT2D eigenvalue weighted by Gasteiger charge is -2.14. The summed E-state index contributed by atoms with van der Waals surface area (Å²) >= 11 is 6.04. The number of hydrogen-bond donors (Lipinski definition) is 1. The van der Waals surface area contributed by atoms with Gasteiger partial charge in [-0.1, -0.05) is 29.8 Å². The standard InChI is InChI=1S/C20H11ClF4N4O/c21-12-8-11-4-3-7-26-17(11)15(9-12)28-19(30)13-10-27-29(18(13)20(23,24)25)16-6-2-1-5-14(16)22/h1-10H,(H,28,30). The Kier molecular flexibility index (Phi) is 4.90. The molecule has 0 bridgehead atoms. The van der Waals surface area contributed by atoms with Gasteiger partial charge in [0.2, 0.25) is 0 Å². The molecule has 2 heterocycles. The molecule has 4 rings (SSSR count). The van der Waals surface area contributed by atoms with Gasteiger partial charge in [-0.25, -0.2) is 9.07 Å². The molecule has 2 aromatic carbocycles. The second kappa shape index (κ2) is 7.42. The van der Waals surface area contributed by atoms with Crippen molar-refractivity contribution in [1.82, 2.24) is 14.8 Å². The minimum absolute atomic E-state index is 0.134. The first kappa shape index (κ1) is 19.8. The zero-order chi connectivity index (χ0) is 21.5. The third kappa shape index (κ3) is 3.59. The van der Waals surface area contributed by atoms with Crippen molar-refractivity contribution in [3.8, 4) is 5.69 Å². The van der Waals surface area contributed by atoms with Crippen LogP contribution in [0.2, 0.25) is 5.02 Å². The third-order valence-electron chi connectivity index (χ3n) is 4.28. The smallest absolute Gasteiger partial charge is 0.320 e. The van der Waals surface area contributed by atoms with Crippen LogP contribution >= 0.6 is 11.6 Å². The van der Waals surface area contributed by atoms with Crippen molar-refractivity contribution < 1.29 is 22.4 Å². The quantitative estimate of drug-likeness (QED) is 0.434. The summed E-state index contributed by atoms with van der Waals surface area (Å²) in [6, 6.07) is 11.2. The van der Waals surface area contributed by atoms with E-state index in [0.717, 1.165) is 18.3 Å². The Balaban J connectivity index is 1.80. The average molecular weight is 435 g/mol. The minimum Gasteiger partial charge on any atom is -0.320 e. The second-order valence-electron chi connectivity index (χ2n) is 6.25. The Bertz CT molecular complexity index is 1270. The Hall–Kier alpha value is -3.46. The van der Waals surface area contributed by atoms with Crippen molar-refractivity contribution in [1.29, 1.82) is 0 Å². The largest absolute Gasteiger partial charge is 0.434 e. The number of carbonyl (C=O) groups excluding carboxylic acids is 1. The SMILES string of the molecule is O=C(Nc1cc(Cl)cc2cccnc12)c1cnn(-c2ccccc2F)c1C(F)(F)F. The number of fused-ring (bicyclic) bond motifs is 1. The van der Waals surface area contributed by atoms with Crippen molar-refractivity contribution in [2.75, 3.05) is 5.32 Å². The summed E-state index contributed by atoms with van der Waals surface area (Å²) in [5.74, 6) is -2.00. The lowest BCUT2D eigenvalue weighted by Crippen LogP contribution is -2.21. The Labute approximate surface area is 171 Å². The third-order valence-corrected chi connectivity index (χ3v) is 4.50. The zero-order valence-electron chi connectivity index (χ0n) is 14.9. The van der Waals surface area contributed by atoms with Gasteiger partial charge in [0.25, 0.3) is 5.91 Å². The van der Waals surface area contributed by atoms with Crippen LogP contribution in [-0.4, -0.2) is 20.7 Å². The van der Waals surface area contributed by atoms with Crippen LogP contribution < -0.4 is 5.32 Å². The van der Waals surface area contributed by atoms with Gasteiger partial charge in [0.05, 0.1) is 23.0 Å². The lowest BCUT2D eigenvalue weighted by atomic mass is 10.1. The first-order valence-corrected chi connectivity index (χ1v) is 8.89. The van der Waals surface area contributed by atoms with Crippen molar-refractivity contribution in [3.05, 3.63) is 83.0 Å². The van der Waals surface area contributed by atoms with Gasteiger partial charge in [-0.2, -0.15) is 18.3 Å². The predicted octanol–water partition coefficient (Wildman–Crippen LogP) is 5.48. The maximum Gasteiger partial charge on any atom is 0.434 e. The van der Waals surface area contributed by atoms with Gasteiger partial charge in [0, 0.05) is 16.6 Å². The number of rotatable bonds is 3. The molecule has 0 saturated heterocycles. The normalized spacial score (nSPS) is 11.6. The summed E-state index contributed by atoms with van der Waals surface area (Å²) in [7, 11) is 0. The van der Waals surface area contributed by atoms with E-state index in [0.29, 0.717) is 15.6 Å². The van der Waals surface area contributed by atoms with E-state index in [-0.39, 0.29) is 10.7 Å². The van der Waals surface area contributed by atoms with Gasteiger partial charge in [0.15, 0.2) is 5.69 Å². The van der Waals surface area contributed by atoms with Crippen LogP contribution in [0.25, 0.3) is 16.6 Å². The van der Waals surface area contributed by atoms with E-state index in [1.165, 1.54) is 24.4 Å². The van der Waals surface area contributed by atoms with E-state index >= 15 is 0 Å². The molecule has 0 aliphatic rings. The van der Waals surface area contributed by atoms with Crippen molar-refractivity contribution in [3.63, 3.8) is 0 Å². The number of para-hydroxylation sites is 1. The minimum atomic E-state index is -4.97.